The Labute approximate surface area is 120 Å². The number of aryl methyl sites for hydroxylation is 1. The number of hydrogen-bond donors (Lipinski definition) is 2. The van der Waals surface area contributed by atoms with Crippen LogP contribution in [-0.2, 0) is 4.79 Å². The predicted molar refractivity (Wildman–Crippen MR) is 80.8 cm³/mol. The summed E-state index contributed by atoms with van der Waals surface area (Å²) in [6.45, 7) is 7.65. The van der Waals surface area contributed by atoms with Crippen molar-refractivity contribution in [1.82, 2.24) is 4.90 Å². The molecule has 0 aromatic heterocycles. The molecule has 1 atom stereocenters. The van der Waals surface area contributed by atoms with E-state index in [1.165, 1.54) is 5.56 Å². The van der Waals surface area contributed by atoms with E-state index in [0.29, 0.717) is 13.1 Å². The Kier molecular flexibility index (Phi) is 4.45. The zero-order chi connectivity index (χ0) is 14.8. The molecule has 0 bridgehead atoms. The molecule has 20 heavy (non-hydrogen) atoms. The molecular formula is C16H24N2O2. The van der Waals surface area contributed by atoms with Gasteiger partial charge in [0, 0.05) is 12.2 Å². The van der Waals surface area contributed by atoms with Gasteiger partial charge in [-0.15, -0.1) is 0 Å². The number of nitrogens with zero attached hydrogens (tertiary/aromatic N) is 1. The average molecular weight is 276 g/mol. The molecule has 0 aliphatic carbocycles. The van der Waals surface area contributed by atoms with Crippen LogP contribution in [0.1, 0.15) is 30.9 Å². The molecule has 2 N–H and O–H groups in total. The number of nitrogens with one attached hydrogen (secondary N) is 1. The first-order valence-electron chi connectivity index (χ1n) is 7.18. The van der Waals surface area contributed by atoms with Crippen molar-refractivity contribution in [2.45, 2.75) is 39.2 Å². The van der Waals surface area contributed by atoms with Crippen molar-refractivity contribution in [3.05, 3.63) is 29.3 Å². The Morgan fingerprint density at radius 3 is 2.90 bits per heavy atom. The number of carbonyl (C=O) groups excluding carboxylic acids is 1. The van der Waals surface area contributed by atoms with E-state index in [1.54, 1.807) is 0 Å². The molecule has 1 fully saturated rings. The van der Waals surface area contributed by atoms with Crippen molar-refractivity contribution >= 4 is 11.6 Å². The predicted octanol–water partition coefficient (Wildman–Crippen LogP) is 2.09. The molecule has 0 saturated carbocycles. The fourth-order valence-corrected chi connectivity index (χ4v) is 2.74. The molecule has 1 heterocycles. The van der Waals surface area contributed by atoms with Gasteiger partial charge in [0.05, 0.1) is 12.1 Å². The second-order valence-electron chi connectivity index (χ2n) is 6.11. The van der Waals surface area contributed by atoms with Crippen molar-refractivity contribution in [1.29, 1.82) is 0 Å². The maximum absolute atomic E-state index is 12.1. The normalized spacial score (nSPS) is 23.6. The molecule has 1 saturated heterocycles. The lowest BCUT2D eigenvalue weighted by Crippen LogP contribution is -2.48. The highest BCUT2D eigenvalue weighted by atomic mass is 16.3. The van der Waals surface area contributed by atoms with Crippen LogP contribution in [-0.4, -0.2) is 41.1 Å². The van der Waals surface area contributed by atoms with Gasteiger partial charge in [-0.3, -0.25) is 9.69 Å². The zero-order valence-corrected chi connectivity index (χ0v) is 12.6. The van der Waals surface area contributed by atoms with E-state index in [2.05, 4.69) is 5.32 Å². The highest BCUT2D eigenvalue weighted by Crippen LogP contribution is 2.21. The minimum absolute atomic E-state index is 0.0172. The van der Waals surface area contributed by atoms with E-state index in [1.807, 2.05) is 43.9 Å². The monoisotopic (exact) mass is 276 g/mol. The maximum Gasteiger partial charge on any atom is 0.238 e. The SMILES string of the molecule is Cc1cccc(NC(=O)CN2CCCC(C)(O)C2)c1C. The van der Waals surface area contributed by atoms with Gasteiger partial charge in [0.15, 0.2) is 0 Å². The van der Waals surface area contributed by atoms with Crippen LogP contribution in [0.2, 0.25) is 0 Å². The van der Waals surface area contributed by atoms with Crippen molar-refractivity contribution in [2.75, 3.05) is 25.0 Å². The second kappa shape index (κ2) is 5.94. The number of aliphatic hydroxyl groups is 1. The standard InChI is InChI=1S/C16H24N2O2/c1-12-6-4-7-14(13(12)2)17-15(19)10-18-9-5-8-16(3,20)11-18/h4,6-7,20H,5,8-11H2,1-3H3,(H,17,19). The molecule has 2 rings (SSSR count). The first-order valence-corrected chi connectivity index (χ1v) is 7.18. The Morgan fingerprint density at radius 1 is 1.45 bits per heavy atom. The number of rotatable bonds is 3. The molecular weight excluding hydrogens is 252 g/mol. The summed E-state index contributed by atoms with van der Waals surface area (Å²) < 4.78 is 0. The van der Waals surface area contributed by atoms with Gasteiger partial charge in [-0.05, 0) is 57.4 Å². The van der Waals surface area contributed by atoms with Crippen molar-refractivity contribution in [3.63, 3.8) is 0 Å². The summed E-state index contributed by atoms with van der Waals surface area (Å²) in [5, 5.41) is 13.0. The molecule has 4 heteroatoms. The van der Waals surface area contributed by atoms with Gasteiger partial charge in [0.25, 0.3) is 0 Å². The summed E-state index contributed by atoms with van der Waals surface area (Å²) in [6, 6.07) is 5.91. The fraction of sp³-hybridized carbons (Fsp3) is 0.562. The lowest BCUT2D eigenvalue weighted by Gasteiger charge is -2.36. The minimum atomic E-state index is -0.669. The summed E-state index contributed by atoms with van der Waals surface area (Å²) in [5.74, 6) is -0.0172. The van der Waals surface area contributed by atoms with Crippen LogP contribution in [0, 0.1) is 13.8 Å². The number of benzene rings is 1. The van der Waals surface area contributed by atoms with Crippen molar-refractivity contribution in [3.8, 4) is 0 Å². The molecule has 1 aliphatic heterocycles. The van der Waals surface area contributed by atoms with Crippen LogP contribution in [0.25, 0.3) is 0 Å². The van der Waals surface area contributed by atoms with E-state index >= 15 is 0 Å². The van der Waals surface area contributed by atoms with Crippen LogP contribution < -0.4 is 5.32 Å². The highest BCUT2D eigenvalue weighted by molar-refractivity contribution is 5.93. The zero-order valence-electron chi connectivity index (χ0n) is 12.6. The third-order valence-electron chi connectivity index (χ3n) is 4.00. The van der Waals surface area contributed by atoms with Gasteiger partial charge in [-0.25, -0.2) is 0 Å². The Balaban J connectivity index is 1.94. The third kappa shape index (κ3) is 3.81. The third-order valence-corrected chi connectivity index (χ3v) is 4.00. The Bertz CT molecular complexity index is 497. The first kappa shape index (κ1) is 15.0. The number of piperidine rings is 1. The Morgan fingerprint density at radius 2 is 2.20 bits per heavy atom. The van der Waals surface area contributed by atoms with Gasteiger partial charge in [0.1, 0.15) is 0 Å². The van der Waals surface area contributed by atoms with Gasteiger partial charge < -0.3 is 10.4 Å². The lowest BCUT2D eigenvalue weighted by molar-refractivity contribution is -0.118. The van der Waals surface area contributed by atoms with E-state index in [9.17, 15) is 9.90 Å². The number of hydrogen-bond acceptors (Lipinski definition) is 3. The van der Waals surface area contributed by atoms with E-state index in [4.69, 9.17) is 0 Å². The average Bonchev–Trinajstić information content (AvgIpc) is 2.33. The summed E-state index contributed by atoms with van der Waals surface area (Å²) in [4.78, 5) is 14.1. The van der Waals surface area contributed by atoms with Gasteiger partial charge in [-0.1, -0.05) is 12.1 Å². The summed E-state index contributed by atoms with van der Waals surface area (Å²) in [6.07, 6.45) is 1.74. The van der Waals surface area contributed by atoms with Gasteiger partial charge in [0.2, 0.25) is 5.91 Å². The van der Waals surface area contributed by atoms with E-state index < -0.39 is 5.60 Å². The topological polar surface area (TPSA) is 52.6 Å². The van der Waals surface area contributed by atoms with Crippen LogP contribution in [0.3, 0.4) is 0 Å². The largest absolute Gasteiger partial charge is 0.389 e. The van der Waals surface area contributed by atoms with Crippen LogP contribution >= 0.6 is 0 Å². The maximum atomic E-state index is 12.1. The second-order valence-corrected chi connectivity index (χ2v) is 6.11. The van der Waals surface area contributed by atoms with Gasteiger partial charge >= 0.3 is 0 Å². The quantitative estimate of drug-likeness (QED) is 0.889. The molecule has 1 aromatic rings. The number of β-amino-alcohol motifs (C(OH)–C–C–N with tert-alkyl or cyclic N) is 1. The molecule has 1 unspecified atom stereocenters. The van der Waals surface area contributed by atoms with Crippen LogP contribution in [0.4, 0.5) is 5.69 Å². The van der Waals surface area contributed by atoms with Crippen LogP contribution in [0.5, 0.6) is 0 Å². The van der Waals surface area contributed by atoms with Crippen molar-refractivity contribution < 1.29 is 9.90 Å². The Hall–Kier alpha value is -1.39. The molecule has 1 aliphatic rings. The highest BCUT2D eigenvalue weighted by Gasteiger charge is 2.29. The van der Waals surface area contributed by atoms with Gasteiger partial charge in [-0.2, -0.15) is 0 Å². The van der Waals surface area contributed by atoms with E-state index in [0.717, 1.165) is 30.6 Å². The number of carbonyl (C=O) groups is 1. The number of amides is 1. The smallest absolute Gasteiger partial charge is 0.238 e. The summed E-state index contributed by atoms with van der Waals surface area (Å²) in [5.41, 5.74) is 2.48. The minimum Gasteiger partial charge on any atom is -0.389 e. The fourth-order valence-electron chi connectivity index (χ4n) is 2.74. The first-order chi connectivity index (χ1) is 9.37. The molecule has 1 amide bonds. The molecule has 0 spiro atoms. The van der Waals surface area contributed by atoms with Crippen molar-refractivity contribution in [2.24, 2.45) is 0 Å². The lowest BCUT2D eigenvalue weighted by atomic mass is 9.95. The molecule has 0 radical (unpaired) electrons. The van der Waals surface area contributed by atoms with E-state index in [-0.39, 0.29) is 5.91 Å². The number of anilines is 1. The molecule has 110 valence electrons. The molecule has 1 aromatic carbocycles. The summed E-state index contributed by atoms with van der Waals surface area (Å²) in [7, 11) is 0. The number of likely N-dealkylation sites (tertiary alicyclic amines) is 1. The summed E-state index contributed by atoms with van der Waals surface area (Å²) >= 11 is 0. The van der Waals surface area contributed by atoms with Crippen LogP contribution in [0.15, 0.2) is 18.2 Å². The molecule has 4 nitrogen and oxygen atoms in total.